The second-order valence-corrected chi connectivity index (χ2v) is 4.47. The van der Waals surface area contributed by atoms with Crippen LogP contribution < -0.4 is 10.2 Å². The Balaban J connectivity index is 0.00000144. The lowest BCUT2D eigenvalue weighted by molar-refractivity contribution is 0.944. The number of hydrogen-bond acceptors (Lipinski definition) is 3. The van der Waals surface area contributed by atoms with Gasteiger partial charge >= 0.3 is 0 Å². The molecule has 0 aromatic heterocycles. The molecule has 94 valence electrons. The molecular formula is C11H14Cl3N3. The van der Waals surface area contributed by atoms with Gasteiger partial charge in [-0.1, -0.05) is 29.3 Å². The number of aliphatic imine (C=N–C) groups is 1. The standard InChI is InChI=1S/C11H13Cl2N3.ClH/c1-16(7-10-14-5-6-15-10)9-4-2-3-8(12)11(9)13;/h2-4H,5-7H2,1H3,(H,14,15);1H. The third kappa shape index (κ3) is 3.41. The summed E-state index contributed by atoms with van der Waals surface area (Å²) < 4.78 is 0. The van der Waals surface area contributed by atoms with E-state index in [9.17, 15) is 0 Å². The van der Waals surface area contributed by atoms with Crippen molar-refractivity contribution < 1.29 is 0 Å². The lowest BCUT2D eigenvalue weighted by atomic mass is 10.3. The van der Waals surface area contributed by atoms with Gasteiger partial charge in [-0.3, -0.25) is 4.99 Å². The molecule has 0 aliphatic carbocycles. The molecule has 6 heteroatoms. The Morgan fingerprint density at radius 2 is 2.18 bits per heavy atom. The van der Waals surface area contributed by atoms with Gasteiger partial charge in [0.05, 0.1) is 28.8 Å². The first-order valence-electron chi connectivity index (χ1n) is 5.11. The first-order chi connectivity index (χ1) is 7.68. The maximum atomic E-state index is 6.14. The fourth-order valence-corrected chi connectivity index (χ4v) is 2.09. The lowest BCUT2D eigenvalue weighted by Crippen LogP contribution is -2.32. The summed E-state index contributed by atoms with van der Waals surface area (Å²) in [5, 5.41) is 4.39. The van der Waals surface area contributed by atoms with Crippen LogP contribution in [0.5, 0.6) is 0 Å². The zero-order chi connectivity index (χ0) is 11.5. The highest BCUT2D eigenvalue weighted by Crippen LogP contribution is 2.31. The molecule has 17 heavy (non-hydrogen) atoms. The summed E-state index contributed by atoms with van der Waals surface area (Å²) in [5.74, 6) is 0.999. The quantitative estimate of drug-likeness (QED) is 0.928. The maximum Gasteiger partial charge on any atom is 0.116 e. The van der Waals surface area contributed by atoms with Crippen molar-refractivity contribution in [1.29, 1.82) is 0 Å². The topological polar surface area (TPSA) is 27.6 Å². The molecule has 0 atom stereocenters. The van der Waals surface area contributed by atoms with Crippen LogP contribution in [0, 0.1) is 0 Å². The van der Waals surface area contributed by atoms with Gasteiger partial charge in [-0.05, 0) is 12.1 Å². The van der Waals surface area contributed by atoms with Crippen LogP contribution in [0.1, 0.15) is 0 Å². The minimum atomic E-state index is 0. The predicted octanol–water partition coefficient (Wildman–Crippen LogP) is 2.85. The third-order valence-corrected chi connectivity index (χ3v) is 3.28. The summed E-state index contributed by atoms with van der Waals surface area (Å²) in [7, 11) is 1.97. The normalized spacial score (nSPS) is 13.7. The molecule has 1 aliphatic rings. The van der Waals surface area contributed by atoms with E-state index < -0.39 is 0 Å². The van der Waals surface area contributed by atoms with E-state index in [0.717, 1.165) is 31.2 Å². The van der Waals surface area contributed by atoms with E-state index in [1.54, 1.807) is 6.07 Å². The Kier molecular flexibility index (Phi) is 5.37. The van der Waals surface area contributed by atoms with Gasteiger partial charge in [-0.15, -0.1) is 12.4 Å². The first kappa shape index (κ1) is 14.4. The summed E-state index contributed by atoms with van der Waals surface area (Å²) in [4.78, 5) is 6.37. The summed E-state index contributed by atoms with van der Waals surface area (Å²) in [6.07, 6.45) is 0. The highest BCUT2D eigenvalue weighted by atomic mass is 35.5. The fourth-order valence-electron chi connectivity index (χ4n) is 1.65. The number of amidine groups is 1. The molecule has 3 nitrogen and oxygen atoms in total. The van der Waals surface area contributed by atoms with Crippen LogP contribution in [0.4, 0.5) is 5.69 Å². The number of likely N-dealkylation sites (N-methyl/N-ethyl adjacent to an activating group) is 1. The van der Waals surface area contributed by atoms with Crippen LogP contribution in [0.15, 0.2) is 23.2 Å². The van der Waals surface area contributed by atoms with Crippen molar-refractivity contribution in [2.45, 2.75) is 0 Å². The van der Waals surface area contributed by atoms with Crippen LogP contribution in [0.3, 0.4) is 0 Å². The van der Waals surface area contributed by atoms with E-state index in [4.69, 9.17) is 23.2 Å². The van der Waals surface area contributed by atoms with E-state index in [0.29, 0.717) is 10.0 Å². The van der Waals surface area contributed by atoms with Crippen LogP contribution in [-0.4, -0.2) is 32.5 Å². The van der Waals surface area contributed by atoms with Gasteiger partial charge in [-0.25, -0.2) is 0 Å². The molecule has 0 saturated heterocycles. The van der Waals surface area contributed by atoms with Crippen LogP contribution in [0.25, 0.3) is 0 Å². The van der Waals surface area contributed by atoms with E-state index in [1.165, 1.54) is 0 Å². The molecule has 0 unspecified atom stereocenters. The van der Waals surface area contributed by atoms with Crippen molar-refractivity contribution in [2.24, 2.45) is 4.99 Å². The van der Waals surface area contributed by atoms with Crippen LogP contribution >= 0.6 is 35.6 Å². The van der Waals surface area contributed by atoms with Gasteiger partial charge in [-0.2, -0.15) is 0 Å². The van der Waals surface area contributed by atoms with E-state index >= 15 is 0 Å². The number of nitrogens with zero attached hydrogens (tertiary/aromatic N) is 2. The smallest absolute Gasteiger partial charge is 0.116 e. The molecule has 1 aromatic carbocycles. The van der Waals surface area contributed by atoms with Gasteiger partial charge in [0, 0.05) is 13.6 Å². The molecular weight excluding hydrogens is 281 g/mol. The number of hydrogen-bond donors (Lipinski definition) is 1. The van der Waals surface area contributed by atoms with Crippen molar-refractivity contribution in [3.05, 3.63) is 28.2 Å². The van der Waals surface area contributed by atoms with Crippen LogP contribution in [0.2, 0.25) is 10.0 Å². The van der Waals surface area contributed by atoms with E-state index in [2.05, 4.69) is 10.3 Å². The number of halogens is 3. The first-order valence-corrected chi connectivity index (χ1v) is 5.86. The highest BCUT2D eigenvalue weighted by Gasteiger charge is 2.12. The molecule has 0 fully saturated rings. The minimum absolute atomic E-state index is 0. The Bertz CT molecular complexity index is 420. The number of rotatable bonds is 3. The second-order valence-electron chi connectivity index (χ2n) is 3.68. The molecule has 0 bridgehead atoms. The molecule has 1 heterocycles. The Morgan fingerprint density at radius 3 is 2.82 bits per heavy atom. The Morgan fingerprint density at radius 1 is 1.41 bits per heavy atom. The molecule has 1 N–H and O–H groups in total. The number of anilines is 1. The van der Waals surface area contributed by atoms with Crippen molar-refractivity contribution >= 4 is 47.1 Å². The monoisotopic (exact) mass is 293 g/mol. The van der Waals surface area contributed by atoms with Gasteiger partial charge in [0.1, 0.15) is 5.84 Å². The molecule has 1 aromatic rings. The lowest BCUT2D eigenvalue weighted by Gasteiger charge is -2.21. The fraction of sp³-hybridized carbons (Fsp3) is 0.364. The average Bonchev–Trinajstić information content (AvgIpc) is 2.74. The van der Waals surface area contributed by atoms with Gasteiger partial charge in [0.25, 0.3) is 0 Å². The second kappa shape index (κ2) is 6.34. The zero-order valence-corrected chi connectivity index (χ0v) is 11.7. The Labute approximate surface area is 117 Å². The molecule has 0 radical (unpaired) electrons. The van der Waals surface area contributed by atoms with Crippen LogP contribution in [-0.2, 0) is 0 Å². The Hall–Kier alpha value is -0.640. The van der Waals surface area contributed by atoms with Gasteiger partial charge < -0.3 is 10.2 Å². The number of nitrogens with one attached hydrogen (secondary N) is 1. The highest BCUT2D eigenvalue weighted by molar-refractivity contribution is 6.43. The SMILES string of the molecule is CN(CC1=NCCN1)c1cccc(Cl)c1Cl.Cl. The van der Waals surface area contributed by atoms with Crippen molar-refractivity contribution in [2.75, 3.05) is 31.6 Å². The molecule has 1 aliphatic heterocycles. The third-order valence-electron chi connectivity index (χ3n) is 2.47. The number of benzene rings is 1. The summed E-state index contributed by atoms with van der Waals surface area (Å²) >= 11 is 12.1. The average molecular weight is 295 g/mol. The minimum Gasteiger partial charge on any atom is -0.370 e. The summed E-state index contributed by atoms with van der Waals surface area (Å²) in [5.41, 5.74) is 0.922. The van der Waals surface area contributed by atoms with Crippen molar-refractivity contribution in [3.63, 3.8) is 0 Å². The van der Waals surface area contributed by atoms with Crippen molar-refractivity contribution in [1.82, 2.24) is 5.32 Å². The van der Waals surface area contributed by atoms with E-state index in [-0.39, 0.29) is 12.4 Å². The molecule has 2 rings (SSSR count). The summed E-state index contributed by atoms with van der Waals surface area (Å²) in [6.45, 7) is 2.50. The van der Waals surface area contributed by atoms with Gasteiger partial charge in [0.2, 0.25) is 0 Å². The predicted molar refractivity (Wildman–Crippen MR) is 77.3 cm³/mol. The molecule has 0 saturated carbocycles. The van der Waals surface area contributed by atoms with E-state index in [1.807, 2.05) is 24.1 Å². The summed E-state index contributed by atoms with van der Waals surface area (Å²) in [6, 6.07) is 5.63. The van der Waals surface area contributed by atoms with Gasteiger partial charge in [0.15, 0.2) is 0 Å². The molecule has 0 amide bonds. The molecule has 0 spiro atoms. The largest absolute Gasteiger partial charge is 0.370 e. The van der Waals surface area contributed by atoms with Crippen molar-refractivity contribution in [3.8, 4) is 0 Å². The maximum absolute atomic E-state index is 6.14. The zero-order valence-electron chi connectivity index (χ0n) is 9.41.